The van der Waals surface area contributed by atoms with Gasteiger partial charge in [0, 0.05) is 6.04 Å². The van der Waals surface area contributed by atoms with E-state index in [1.54, 1.807) is 0 Å². The smallest absolute Gasteiger partial charge is 0.0241 e. The van der Waals surface area contributed by atoms with Crippen LogP contribution in [0.2, 0.25) is 0 Å². The molecule has 0 spiro atoms. The number of nitrogens with one attached hydrogen (secondary N) is 1. The predicted molar refractivity (Wildman–Crippen MR) is 66.3 cm³/mol. The Balaban J connectivity index is 2.35. The Bertz CT molecular complexity index is 201. The van der Waals surface area contributed by atoms with Crippen molar-refractivity contribution in [2.75, 3.05) is 0 Å². The van der Waals surface area contributed by atoms with Gasteiger partial charge in [0.05, 0.1) is 0 Å². The minimum Gasteiger partial charge on any atom is -0.271 e. The SMILES string of the molecule is C=C(C)CCC(NN)C1CCC(CC)C1. The van der Waals surface area contributed by atoms with Crippen molar-refractivity contribution in [2.45, 2.75) is 58.4 Å². The summed E-state index contributed by atoms with van der Waals surface area (Å²) in [5.74, 6) is 7.38. The second-order valence-corrected chi connectivity index (χ2v) is 5.12. The van der Waals surface area contributed by atoms with Gasteiger partial charge < -0.3 is 0 Å². The van der Waals surface area contributed by atoms with Crippen LogP contribution in [0, 0.1) is 11.8 Å². The molecule has 0 radical (unpaired) electrons. The standard InChI is InChI=1S/C13H26N2/c1-4-11-6-7-12(9-11)13(15-14)8-5-10(2)3/h11-13,15H,2,4-9,14H2,1,3H3. The summed E-state index contributed by atoms with van der Waals surface area (Å²) in [5.41, 5.74) is 4.27. The average Bonchev–Trinajstić information content (AvgIpc) is 2.67. The molecule has 1 saturated carbocycles. The first kappa shape index (κ1) is 12.7. The van der Waals surface area contributed by atoms with Gasteiger partial charge in [-0.1, -0.05) is 25.3 Å². The van der Waals surface area contributed by atoms with Crippen LogP contribution in [0.1, 0.15) is 52.4 Å². The summed E-state index contributed by atoms with van der Waals surface area (Å²) >= 11 is 0. The van der Waals surface area contributed by atoms with Gasteiger partial charge in [0.15, 0.2) is 0 Å². The van der Waals surface area contributed by atoms with Gasteiger partial charge in [-0.15, -0.1) is 6.58 Å². The number of hydrazine groups is 1. The minimum atomic E-state index is 0.498. The number of allylic oxidation sites excluding steroid dienone is 1. The summed E-state index contributed by atoms with van der Waals surface area (Å²) in [6.07, 6.45) is 7.68. The Labute approximate surface area is 94.3 Å². The first-order chi connectivity index (χ1) is 7.17. The van der Waals surface area contributed by atoms with E-state index in [0.717, 1.165) is 24.7 Å². The van der Waals surface area contributed by atoms with E-state index in [1.165, 1.54) is 31.3 Å². The van der Waals surface area contributed by atoms with Gasteiger partial charge in [-0.05, 0) is 44.4 Å². The molecule has 2 nitrogen and oxygen atoms in total. The highest BCUT2D eigenvalue weighted by Crippen LogP contribution is 2.35. The van der Waals surface area contributed by atoms with Crippen LogP contribution in [0.15, 0.2) is 12.2 Å². The van der Waals surface area contributed by atoms with Crippen LogP contribution >= 0.6 is 0 Å². The molecule has 0 saturated heterocycles. The minimum absolute atomic E-state index is 0.498. The molecule has 0 aliphatic heterocycles. The van der Waals surface area contributed by atoms with E-state index < -0.39 is 0 Å². The molecule has 0 heterocycles. The molecule has 0 aromatic rings. The first-order valence-electron chi connectivity index (χ1n) is 6.27. The maximum Gasteiger partial charge on any atom is 0.0241 e. The van der Waals surface area contributed by atoms with Gasteiger partial charge >= 0.3 is 0 Å². The summed E-state index contributed by atoms with van der Waals surface area (Å²) < 4.78 is 0. The molecule has 0 bridgehead atoms. The molecule has 88 valence electrons. The molecule has 3 atom stereocenters. The molecule has 3 unspecified atom stereocenters. The maximum atomic E-state index is 5.65. The van der Waals surface area contributed by atoms with E-state index >= 15 is 0 Å². The van der Waals surface area contributed by atoms with E-state index in [9.17, 15) is 0 Å². The molecule has 1 aliphatic rings. The van der Waals surface area contributed by atoms with Crippen LogP contribution < -0.4 is 11.3 Å². The molecule has 1 rings (SSSR count). The molecule has 0 amide bonds. The van der Waals surface area contributed by atoms with Crippen LogP contribution in [-0.2, 0) is 0 Å². The van der Waals surface area contributed by atoms with Gasteiger partial charge in [0.25, 0.3) is 0 Å². The molecular weight excluding hydrogens is 184 g/mol. The lowest BCUT2D eigenvalue weighted by Crippen LogP contribution is -2.40. The van der Waals surface area contributed by atoms with E-state index in [2.05, 4.69) is 25.9 Å². The van der Waals surface area contributed by atoms with E-state index in [1.807, 2.05) is 0 Å². The van der Waals surface area contributed by atoms with E-state index in [0.29, 0.717) is 6.04 Å². The van der Waals surface area contributed by atoms with Crippen LogP contribution in [0.25, 0.3) is 0 Å². The molecule has 15 heavy (non-hydrogen) atoms. The second-order valence-electron chi connectivity index (χ2n) is 5.12. The van der Waals surface area contributed by atoms with Crippen molar-refractivity contribution in [3.8, 4) is 0 Å². The van der Waals surface area contributed by atoms with Gasteiger partial charge in [-0.2, -0.15) is 0 Å². The molecule has 3 N–H and O–H groups in total. The first-order valence-corrected chi connectivity index (χ1v) is 6.27. The Kier molecular flexibility index (Phi) is 5.34. The highest BCUT2D eigenvalue weighted by atomic mass is 15.2. The highest BCUT2D eigenvalue weighted by molar-refractivity contribution is 4.91. The van der Waals surface area contributed by atoms with Crippen LogP contribution in [-0.4, -0.2) is 6.04 Å². The summed E-state index contributed by atoms with van der Waals surface area (Å²) in [6.45, 7) is 8.34. The van der Waals surface area contributed by atoms with Crippen molar-refractivity contribution < 1.29 is 0 Å². The number of hydrogen-bond acceptors (Lipinski definition) is 2. The normalized spacial score (nSPS) is 27.9. The highest BCUT2D eigenvalue weighted by Gasteiger charge is 2.28. The van der Waals surface area contributed by atoms with Gasteiger partial charge in [0.1, 0.15) is 0 Å². The van der Waals surface area contributed by atoms with Crippen LogP contribution in [0.4, 0.5) is 0 Å². The zero-order valence-corrected chi connectivity index (χ0v) is 10.3. The summed E-state index contributed by atoms with van der Waals surface area (Å²) in [4.78, 5) is 0. The van der Waals surface area contributed by atoms with Gasteiger partial charge in [-0.3, -0.25) is 11.3 Å². The maximum absolute atomic E-state index is 5.65. The zero-order chi connectivity index (χ0) is 11.3. The van der Waals surface area contributed by atoms with E-state index in [4.69, 9.17) is 5.84 Å². The molecular formula is C13H26N2. The Hall–Kier alpha value is -0.340. The fourth-order valence-electron chi connectivity index (χ4n) is 2.71. The number of nitrogens with two attached hydrogens (primary N) is 1. The van der Waals surface area contributed by atoms with Crippen molar-refractivity contribution in [3.05, 3.63) is 12.2 Å². The number of hydrogen-bond donors (Lipinski definition) is 2. The largest absolute Gasteiger partial charge is 0.271 e. The lowest BCUT2D eigenvalue weighted by atomic mass is 9.92. The molecule has 1 aliphatic carbocycles. The molecule has 0 aromatic heterocycles. The van der Waals surface area contributed by atoms with Crippen molar-refractivity contribution in [2.24, 2.45) is 17.7 Å². The van der Waals surface area contributed by atoms with Crippen molar-refractivity contribution in [3.63, 3.8) is 0 Å². The Morgan fingerprint density at radius 2 is 2.27 bits per heavy atom. The number of rotatable bonds is 6. The van der Waals surface area contributed by atoms with Crippen molar-refractivity contribution >= 4 is 0 Å². The second kappa shape index (κ2) is 6.29. The summed E-state index contributed by atoms with van der Waals surface area (Å²) in [6, 6.07) is 0.498. The third-order valence-corrected chi connectivity index (χ3v) is 3.82. The lowest BCUT2D eigenvalue weighted by molar-refractivity contribution is 0.333. The molecule has 2 heteroatoms. The van der Waals surface area contributed by atoms with Crippen molar-refractivity contribution in [1.29, 1.82) is 0 Å². The third-order valence-electron chi connectivity index (χ3n) is 3.82. The lowest BCUT2D eigenvalue weighted by Gasteiger charge is -2.23. The van der Waals surface area contributed by atoms with Crippen LogP contribution in [0.5, 0.6) is 0 Å². The topological polar surface area (TPSA) is 38.0 Å². The predicted octanol–water partition coefficient (Wildman–Crippen LogP) is 3.00. The third kappa shape index (κ3) is 3.96. The van der Waals surface area contributed by atoms with Gasteiger partial charge in [0.2, 0.25) is 0 Å². The van der Waals surface area contributed by atoms with E-state index in [-0.39, 0.29) is 0 Å². The zero-order valence-electron chi connectivity index (χ0n) is 10.3. The molecule has 1 fully saturated rings. The van der Waals surface area contributed by atoms with Gasteiger partial charge in [-0.25, -0.2) is 0 Å². The summed E-state index contributed by atoms with van der Waals surface area (Å²) in [7, 11) is 0. The summed E-state index contributed by atoms with van der Waals surface area (Å²) in [5, 5.41) is 0. The quantitative estimate of drug-likeness (QED) is 0.402. The fourth-order valence-corrected chi connectivity index (χ4v) is 2.71. The Morgan fingerprint density at radius 3 is 2.73 bits per heavy atom. The Morgan fingerprint density at radius 1 is 1.53 bits per heavy atom. The monoisotopic (exact) mass is 210 g/mol. The molecule has 0 aromatic carbocycles. The fraction of sp³-hybridized carbons (Fsp3) is 0.846. The van der Waals surface area contributed by atoms with Crippen LogP contribution in [0.3, 0.4) is 0 Å². The van der Waals surface area contributed by atoms with Crippen molar-refractivity contribution in [1.82, 2.24) is 5.43 Å². The average molecular weight is 210 g/mol.